The summed E-state index contributed by atoms with van der Waals surface area (Å²) >= 11 is 3.12. The first-order valence-electron chi connectivity index (χ1n) is 3.98. The standard InChI is InChI=1S/C10H12BrF/c1-8-3-2-4-9(5-8)6-10(12)7-11/h2-5,10H,6-7H2,1H3. The first-order chi connectivity index (χ1) is 5.72. The summed E-state index contributed by atoms with van der Waals surface area (Å²) < 4.78 is 12.9. The van der Waals surface area contributed by atoms with Gasteiger partial charge in [0.15, 0.2) is 0 Å². The molecule has 0 aliphatic carbocycles. The van der Waals surface area contributed by atoms with Gasteiger partial charge < -0.3 is 0 Å². The Labute approximate surface area is 80.9 Å². The second kappa shape index (κ2) is 4.61. The van der Waals surface area contributed by atoms with Crippen molar-refractivity contribution < 1.29 is 4.39 Å². The predicted molar refractivity (Wildman–Crippen MR) is 53.6 cm³/mol. The van der Waals surface area contributed by atoms with Crippen molar-refractivity contribution in [3.63, 3.8) is 0 Å². The summed E-state index contributed by atoms with van der Waals surface area (Å²) in [6.07, 6.45) is -0.265. The third kappa shape index (κ3) is 2.94. The van der Waals surface area contributed by atoms with Gasteiger partial charge >= 0.3 is 0 Å². The number of rotatable bonds is 3. The zero-order valence-electron chi connectivity index (χ0n) is 7.06. The molecule has 66 valence electrons. The Bertz CT molecular complexity index is 247. The van der Waals surface area contributed by atoms with Crippen LogP contribution in [0, 0.1) is 6.92 Å². The molecule has 0 aliphatic rings. The van der Waals surface area contributed by atoms with Gasteiger partial charge in [0.2, 0.25) is 0 Å². The molecule has 1 atom stereocenters. The van der Waals surface area contributed by atoms with Crippen molar-refractivity contribution >= 4 is 15.9 Å². The highest BCUT2D eigenvalue weighted by Gasteiger charge is 2.04. The van der Waals surface area contributed by atoms with Crippen LogP contribution < -0.4 is 0 Å². The first kappa shape index (κ1) is 9.72. The van der Waals surface area contributed by atoms with Crippen LogP contribution in [-0.4, -0.2) is 11.5 Å². The van der Waals surface area contributed by atoms with Crippen molar-refractivity contribution in [2.24, 2.45) is 0 Å². The maximum absolute atomic E-state index is 12.9. The van der Waals surface area contributed by atoms with Crippen LogP contribution in [0.3, 0.4) is 0 Å². The van der Waals surface area contributed by atoms with Crippen LogP contribution >= 0.6 is 15.9 Å². The van der Waals surface area contributed by atoms with E-state index < -0.39 is 6.17 Å². The fourth-order valence-electron chi connectivity index (χ4n) is 1.15. The van der Waals surface area contributed by atoms with Gasteiger partial charge in [-0.05, 0) is 12.5 Å². The second-order valence-electron chi connectivity index (χ2n) is 2.94. The third-order valence-corrected chi connectivity index (χ3v) is 2.41. The Morgan fingerprint density at radius 3 is 2.83 bits per heavy atom. The molecule has 0 aliphatic heterocycles. The smallest absolute Gasteiger partial charge is 0.114 e. The maximum atomic E-state index is 12.9. The third-order valence-electron chi connectivity index (χ3n) is 1.71. The minimum Gasteiger partial charge on any atom is -0.246 e. The molecule has 0 fully saturated rings. The van der Waals surface area contributed by atoms with E-state index in [4.69, 9.17) is 0 Å². The summed E-state index contributed by atoms with van der Waals surface area (Å²) in [5, 5.41) is 0.418. The predicted octanol–water partition coefficient (Wildman–Crippen LogP) is 3.27. The van der Waals surface area contributed by atoms with Crippen LogP contribution in [0.5, 0.6) is 0 Å². The minimum absolute atomic E-state index is 0.418. The summed E-state index contributed by atoms with van der Waals surface area (Å²) in [5.41, 5.74) is 2.26. The van der Waals surface area contributed by atoms with E-state index in [0.717, 1.165) is 5.56 Å². The van der Waals surface area contributed by atoms with Gasteiger partial charge in [-0.2, -0.15) is 0 Å². The van der Waals surface area contributed by atoms with Gasteiger partial charge in [-0.15, -0.1) is 0 Å². The molecule has 0 N–H and O–H groups in total. The molecular formula is C10H12BrF. The largest absolute Gasteiger partial charge is 0.246 e. The van der Waals surface area contributed by atoms with E-state index in [1.807, 2.05) is 31.2 Å². The minimum atomic E-state index is -0.771. The van der Waals surface area contributed by atoms with Gasteiger partial charge in [0.05, 0.1) is 0 Å². The molecule has 2 heteroatoms. The SMILES string of the molecule is Cc1cccc(CC(F)CBr)c1. The van der Waals surface area contributed by atoms with Crippen molar-refractivity contribution in [3.8, 4) is 0 Å². The van der Waals surface area contributed by atoms with Crippen LogP contribution in [0.4, 0.5) is 4.39 Å². The maximum Gasteiger partial charge on any atom is 0.114 e. The van der Waals surface area contributed by atoms with Crippen LogP contribution in [0.1, 0.15) is 11.1 Å². The number of benzene rings is 1. The van der Waals surface area contributed by atoms with E-state index in [0.29, 0.717) is 11.8 Å². The topological polar surface area (TPSA) is 0 Å². The van der Waals surface area contributed by atoms with Crippen LogP contribution in [0.2, 0.25) is 0 Å². The van der Waals surface area contributed by atoms with Gasteiger partial charge in [-0.3, -0.25) is 0 Å². The Balaban J connectivity index is 2.63. The normalized spacial score (nSPS) is 12.9. The Hall–Kier alpha value is -0.370. The number of hydrogen-bond donors (Lipinski definition) is 0. The number of halogens is 2. The summed E-state index contributed by atoms with van der Waals surface area (Å²) in [6.45, 7) is 2.02. The number of hydrogen-bond acceptors (Lipinski definition) is 0. The van der Waals surface area contributed by atoms with Crippen LogP contribution in [-0.2, 0) is 6.42 Å². The van der Waals surface area contributed by atoms with Gasteiger partial charge in [0.1, 0.15) is 6.17 Å². The lowest BCUT2D eigenvalue weighted by molar-refractivity contribution is 0.368. The van der Waals surface area contributed by atoms with Crippen molar-refractivity contribution in [1.82, 2.24) is 0 Å². The zero-order chi connectivity index (χ0) is 8.97. The van der Waals surface area contributed by atoms with Gasteiger partial charge in [-0.25, -0.2) is 4.39 Å². The molecule has 0 heterocycles. The molecule has 1 aromatic rings. The van der Waals surface area contributed by atoms with E-state index in [2.05, 4.69) is 15.9 Å². The number of alkyl halides is 2. The van der Waals surface area contributed by atoms with Crippen LogP contribution in [0.25, 0.3) is 0 Å². The molecule has 0 saturated carbocycles. The summed E-state index contributed by atoms with van der Waals surface area (Å²) in [5.74, 6) is 0. The molecule has 0 saturated heterocycles. The molecule has 0 radical (unpaired) electrons. The Morgan fingerprint density at radius 2 is 2.25 bits per heavy atom. The average molecular weight is 231 g/mol. The fourth-order valence-corrected chi connectivity index (χ4v) is 1.38. The summed E-state index contributed by atoms with van der Waals surface area (Å²) in [4.78, 5) is 0. The van der Waals surface area contributed by atoms with E-state index >= 15 is 0 Å². The van der Waals surface area contributed by atoms with E-state index in [9.17, 15) is 4.39 Å². The molecule has 0 amide bonds. The summed E-state index contributed by atoms with van der Waals surface area (Å²) in [7, 11) is 0. The van der Waals surface area contributed by atoms with Gasteiger partial charge in [0.25, 0.3) is 0 Å². The molecule has 0 bridgehead atoms. The average Bonchev–Trinajstić information content (AvgIpc) is 2.04. The molecule has 1 aromatic carbocycles. The zero-order valence-corrected chi connectivity index (χ0v) is 8.64. The van der Waals surface area contributed by atoms with Crippen molar-refractivity contribution in [1.29, 1.82) is 0 Å². The molecule has 1 rings (SSSR count). The van der Waals surface area contributed by atoms with E-state index in [1.54, 1.807) is 0 Å². The lowest BCUT2D eigenvalue weighted by atomic mass is 10.1. The fraction of sp³-hybridized carbons (Fsp3) is 0.400. The monoisotopic (exact) mass is 230 g/mol. The molecule has 0 spiro atoms. The summed E-state index contributed by atoms with van der Waals surface area (Å²) in [6, 6.07) is 7.97. The second-order valence-corrected chi connectivity index (χ2v) is 3.59. The van der Waals surface area contributed by atoms with Crippen molar-refractivity contribution in [2.75, 3.05) is 5.33 Å². The quantitative estimate of drug-likeness (QED) is 0.700. The van der Waals surface area contributed by atoms with Gasteiger partial charge in [0, 0.05) is 11.8 Å². The molecule has 0 nitrogen and oxygen atoms in total. The Morgan fingerprint density at radius 1 is 1.50 bits per heavy atom. The first-order valence-corrected chi connectivity index (χ1v) is 5.10. The van der Waals surface area contributed by atoms with E-state index in [-0.39, 0.29) is 0 Å². The van der Waals surface area contributed by atoms with E-state index in [1.165, 1.54) is 5.56 Å². The van der Waals surface area contributed by atoms with Crippen molar-refractivity contribution in [3.05, 3.63) is 35.4 Å². The molecule has 0 aromatic heterocycles. The molecular weight excluding hydrogens is 219 g/mol. The lowest BCUT2D eigenvalue weighted by Gasteiger charge is -2.04. The van der Waals surface area contributed by atoms with Gasteiger partial charge in [-0.1, -0.05) is 45.8 Å². The highest BCUT2D eigenvalue weighted by atomic mass is 79.9. The highest BCUT2D eigenvalue weighted by Crippen LogP contribution is 2.09. The highest BCUT2D eigenvalue weighted by molar-refractivity contribution is 9.09. The lowest BCUT2D eigenvalue weighted by Crippen LogP contribution is -2.05. The van der Waals surface area contributed by atoms with Crippen LogP contribution in [0.15, 0.2) is 24.3 Å². The molecule has 12 heavy (non-hydrogen) atoms. The van der Waals surface area contributed by atoms with Crippen molar-refractivity contribution in [2.45, 2.75) is 19.5 Å². The molecule has 1 unspecified atom stereocenters. The number of aryl methyl sites for hydroxylation is 1. The Kier molecular flexibility index (Phi) is 3.73.